The van der Waals surface area contributed by atoms with Gasteiger partial charge in [-0.3, -0.25) is 4.98 Å². The molecule has 0 aliphatic heterocycles. The molecule has 0 atom stereocenters. The number of fused-ring (bicyclic) bond motifs is 1. The van der Waals surface area contributed by atoms with Crippen LogP contribution >= 0.6 is 0 Å². The van der Waals surface area contributed by atoms with Crippen LogP contribution in [-0.4, -0.2) is 19.9 Å². The second-order valence-electron chi connectivity index (χ2n) is 4.08. The fourth-order valence-corrected chi connectivity index (χ4v) is 2.21. The fourth-order valence-electron chi connectivity index (χ4n) is 2.21. The highest BCUT2D eigenvalue weighted by atomic mass is 16.5. The zero-order valence-electron chi connectivity index (χ0n) is 8.93. The summed E-state index contributed by atoms with van der Waals surface area (Å²) in [6.45, 7) is 0. The van der Waals surface area contributed by atoms with Gasteiger partial charge in [0.15, 0.2) is 5.82 Å². The number of rotatable bonds is 1. The van der Waals surface area contributed by atoms with E-state index in [-0.39, 0.29) is 0 Å². The topological polar surface area (TPSA) is 50.9 Å². The van der Waals surface area contributed by atoms with Crippen molar-refractivity contribution in [2.24, 2.45) is 0 Å². The van der Waals surface area contributed by atoms with Gasteiger partial charge in [0.05, 0.1) is 11.4 Å². The van der Waals surface area contributed by atoms with E-state index < -0.39 is 0 Å². The summed E-state index contributed by atoms with van der Waals surface area (Å²) in [7, 11) is 0. The Morgan fingerprint density at radius 3 is 2.62 bits per heavy atom. The van der Waals surface area contributed by atoms with E-state index in [1.54, 1.807) is 12.4 Å². The van der Waals surface area contributed by atoms with Gasteiger partial charge < -0.3 is 5.21 Å². The monoisotopic (exact) mass is 215 g/mol. The highest BCUT2D eigenvalue weighted by Gasteiger charge is 2.20. The van der Waals surface area contributed by atoms with Gasteiger partial charge in [-0.2, -0.15) is 4.73 Å². The lowest BCUT2D eigenvalue weighted by atomic mass is 10.0. The SMILES string of the molecule is On1c(-c2ccncc2)nc2c1CCCC2. The summed E-state index contributed by atoms with van der Waals surface area (Å²) in [5, 5.41) is 10.1. The van der Waals surface area contributed by atoms with Gasteiger partial charge in [-0.25, -0.2) is 4.98 Å². The van der Waals surface area contributed by atoms with Crippen LogP contribution < -0.4 is 0 Å². The normalized spacial score (nSPS) is 14.8. The van der Waals surface area contributed by atoms with E-state index in [2.05, 4.69) is 9.97 Å². The summed E-state index contributed by atoms with van der Waals surface area (Å²) in [5.41, 5.74) is 2.92. The molecule has 0 bridgehead atoms. The zero-order chi connectivity index (χ0) is 11.0. The summed E-state index contributed by atoms with van der Waals surface area (Å²) in [6.07, 6.45) is 7.62. The summed E-state index contributed by atoms with van der Waals surface area (Å²) in [6, 6.07) is 3.72. The molecule has 1 N–H and O–H groups in total. The summed E-state index contributed by atoms with van der Waals surface area (Å²) in [5.74, 6) is 0.634. The Bertz CT molecular complexity index is 504. The molecule has 82 valence electrons. The fraction of sp³-hybridized carbons (Fsp3) is 0.333. The molecule has 0 aromatic carbocycles. The molecule has 4 heteroatoms. The van der Waals surface area contributed by atoms with Crippen LogP contribution in [0.5, 0.6) is 0 Å². The Hall–Kier alpha value is -1.84. The molecule has 0 amide bonds. The first-order valence-corrected chi connectivity index (χ1v) is 5.56. The van der Waals surface area contributed by atoms with E-state index >= 15 is 0 Å². The molecule has 0 spiro atoms. The van der Waals surface area contributed by atoms with Gasteiger partial charge in [-0.15, -0.1) is 0 Å². The third-order valence-corrected chi connectivity index (χ3v) is 3.05. The van der Waals surface area contributed by atoms with Gasteiger partial charge in [-0.1, -0.05) is 0 Å². The van der Waals surface area contributed by atoms with Crippen LogP contribution in [0.2, 0.25) is 0 Å². The number of hydrogen-bond acceptors (Lipinski definition) is 3. The second kappa shape index (κ2) is 3.63. The van der Waals surface area contributed by atoms with Gasteiger partial charge in [0.25, 0.3) is 0 Å². The van der Waals surface area contributed by atoms with Crippen molar-refractivity contribution < 1.29 is 5.21 Å². The van der Waals surface area contributed by atoms with Crippen molar-refractivity contribution in [1.29, 1.82) is 0 Å². The third-order valence-electron chi connectivity index (χ3n) is 3.05. The zero-order valence-corrected chi connectivity index (χ0v) is 8.93. The molecule has 0 saturated carbocycles. The molecule has 0 radical (unpaired) electrons. The third kappa shape index (κ3) is 1.38. The maximum Gasteiger partial charge on any atom is 0.175 e. The number of hydrogen-bond donors (Lipinski definition) is 1. The minimum Gasteiger partial charge on any atom is -0.427 e. The number of imidazole rings is 1. The Balaban J connectivity index is 2.12. The first-order valence-electron chi connectivity index (χ1n) is 5.56. The molecular weight excluding hydrogens is 202 g/mol. The molecule has 1 aliphatic rings. The molecule has 0 fully saturated rings. The molecular formula is C12H13N3O. The van der Waals surface area contributed by atoms with Gasteiger partial charge >= 0.3 is 0 Å². The largest absolute Gasteiger partial charge is 0.427 e. The van der Waals surface area contributed by atoms with Gasteiger partial charge in [0.1, 0.15) is 0 Å². The van der Waals surface area contributed by atoms with Crippen molar-refractivity contribution in [3.8, 4) is 11.4 Å². The lowest BCUT2D eigenvalue weighted by Gasteiger charge is -2.09. The predicted octanol–water partition coefficient (Wildman–Crippen LogP) is 2.06. The second-order valence-corrected chi connectivity index (χ2v) is 4.08. The molecule has 0 unspecified atom stereocenters. The Kier molecular flexibility index (Phi) is 2.13. The summed E-state index contributed by atoms with van der Waals surface area (Å²) >= 11 is 0. The van der Waals surface area contributed by atoms with Crippen LogP contribution in [0.1, 0.15) is 24.2 Å². The van der Waals surface area contributed by atoms with Crippen LogP contribution in [0.3, 0.4) is 0 Å². The van der Waals surface area contributed by atoms with Crippen LogP contribution in [0.15, 0.2) is 24.5 Å². The maximum atomic E-state index is 10.1. The van der Waals surface area contributed by atoms with Crippen LogP contribution in [-0.2, 0) is 12.8 Å². The molecule has 2 heterocycles. The average Bonchev–Trinajstić information content (AvgIpc) is 2.69. The smallest absolute Gasteiger partial charge is 0.175 e. The van der Waals surface area contributed by atoms with Crippen molar-refractivity contribution in [1.82, 2.24) is 14.7 Å². The van der Waals surface area contributed by atoms with Crippen LogP contribution in [0.4, 0.5) is 0 Å². The van der Waals surface area contributed by atoms with Crippen molar-refractivity contribution in [3.05, 3.63) is 35.9 Å². The van der Waals surface area contributed by atoms with Crippen molar-refractivity contribution in [2.75, 3.05) is 0 Å². The molecule has 4 nitrogen and oxygen atoms in total. The summed E-state index contributed by atoms with van der Waals surface area (Å²) in [4.78, 5) is 8.47. The van der Waals surface area contributed by atoms with Gasteiger partial charge in [-0.05, 0) is 37.8 Å². The standard InChI is InChI=1S/C12H13N3O/c16-15-11-4-2-1-3-10(11)14-12(15)9-5-7-13-8-6-9/h5-8,16H,1-4H2. The molecule has 2 aromatic rings. The molecule has 0 saturated heterocycles. The molecule has 3 rings (SSSR count). The lowest BCUT2D eigenvalue weighted by molar-refractivity contribution is 0.179. The van der Waals surface area contributed by atoms with Crippen molar-refractivity contribution in [2.45, 2.75) is 25.7 Å². The number of pyridine rings is 1. The van der Waals surface area contributed by atoms with E-state index in [0.717, 1.165) is 36.2 Å². The predicted molar refractivity (Wildman–Crippen MR) is 59.3 cm³/mol. The minimum absolute atomic E-state index is 0.634. The van der Waals surface area contributed by atoms with Crippen LogP contribution in [0, 0.1) is 0 Å². The Morgan fingerprint density at radius 2 is 1.88 bits per heavy atom. The minimum atomic E-state index is 0.634. The van der Waals surface area contributed by atoms with Gasteiger partial charge in [0, 0.05) is 18.0 Å². The van der Waals surface area contributed by atoms with E-state index in [0.29, 0.717) is 5.82 Å². The quantitative estimate of drug-likeness (QED) is 0.741. The lowest BCUT2D eigenvalue weighted by Crippen LogP contribution is -2.06. The van der Waals surface area contributed by atoms with E-state index in [1.807, 2.05) is 12.1 Å². The first kappa shape index (κ1) is 9.39. The first-order chi connectivity index (χ1) is 7.86. The highest BCUT2D eigenvalue weighted by molar-refractivity contribution is 5.55. The molecule has 2 aromatic heterocycles. The van der Waals surface area contributed by atoms with Crippen molar-refractivity contribution in [3.63, 3.8) is 0 Å². The summed E-state index contributed by atoms with van der Waals surface area (Å²) < 4.78 is 1.24. The highest BCUT2D eigenvalue weighted by Crippen LogP contribution is 2.26. The molecule has 1 aliphatic carbocycles. The average molecular weight is 215 g/mol. The number of aryl methyl sites for hydroxylation is 1. The number of nitrogens with zero attached hydrogens (tertiary/aromatic N) is 3. The molecule has 16 heavy (non-hydrogen) atoms. The van der Waals surface area contributed by atoms with Crippen LogP contribution in [0.25, 0.3) is 11.4 Å². The van der Waals surface area contributed by atoms with E-state index in [4.69, 9.17) is 0 Å². The Morgan fingerprint density at radius 1 is 1.12 bits per heavy atom. The maximum absolute atomic E-state index is 10.1. The Labute approximate surface area is 93.5 Å². The van der Waals surface area contributed by atoms with E-state index in [9.17, 15) is 5.21 Å². The van der Waals surface area contributed by atoms with Crippen molar-refractivity contribution >= 4 is 0 Å². The van der Waals surface area contributed by atoms with E-state index in [1.165, 1.54) is 11.2 Å². The van der Waals surface area contributed by atoms with Gasteiger partial charge in [0.2, 0.25) is 0 Å². The number of aromatic nitrogens is 3.